The van der Waals surface area contributed by atoms with Crippen LogP contribution in [0.4, 0.5) is 0 Å². The number of rotatable bonds is 1. The second kappa shape index (κ2) is 2.84. The molecule has 0 heterocycles. The zero-order valence-corrected chi connectivity index (χ0v) is 13.0. The number of halogens is 1. The zero-order chi connectivity index (χ0) is 12.6. The molecule has 104 valence electrons. The van der Waals surface area contributed by atoms with Crippen LogP contribution < -0.4 is 0 Å². The highest BCUT2D eigenvalue weighted by Gasteiger charge is 3.03. The van der Waals surface area contributed by atoms with Gasteiger partial charge in [0.2, 0.25) is 0 Å². The van der Waals surface area contributed by atoms with Crippen molar-refractivity contribution in [2.24, 2.45) is 40.9 Å². The summed E-state index contributed by atoms with van der Waals surface area (Å²) in [6.45, 7) is 0. The van der Waals surface area contributed by atoms with Crippen LogP contribution in [0.25, 0.3) is 0 Å². The first kappa shape index (κ1) is 11.1. The van der Waals surface area contributed by atoms with Crippen LogP contribution in [-0.4, -0.2) is 15.0 Å². The molecule has 7 aliphatic carbocycles. The Balaban J connectivity index is 1.47. The lowest BCUT2D eigenvalue weighted by molar-refractivity contribution is -0.209. The fraction of sp³-hybridized carbons (Fsp3) is 1.00. The maximum Gasteiger partial charge on any atom is 0.0780 e. The molecule has 2 atom stereocenters. The Labute approximate surface area is 123 Å². The quantitative estimate of drug-likeness (QED) is 0.729. The highest BCUT2D eigenvalue weighted by Crippen LogP contribution is 3.00. The summed E-state index contributed by atoms with van der Waals surface area (Å²) in [6.07, 6.45) is 11.1. The van der Waals surface area contributed by atoms with Crippen molar-refractivity contribution in [3.63, 3.8) is 0 Å². The van der Waals surface area contributed by atoms with Gasteiger partial charge in [-0.1, -0.05) is 22.4 Å². The summed E-state index contributed by atoms with van der Waals surface area (Å²) in [4.78, 5) is 0. The van der Waals surface area contributed by atoms with E-state index in [1.54, 1.807) is 0 Å². The smallest absolute Gasteiger partial charge is 0.0780 e. The van der Waals surface area contributed by atoms with E-state index in [1.165, 1.54) is 51.4 Å². The molecule has 0 amide bonds. The van der Waals surface area contributed by atoms with Crippen LogP contribution >= 0.6 is 15.9 Å². The van der Waals surface area contributed by atoms with Gasteiger partial charge in [-0.15, -0.1) is 0 Å². The molecule has 0 aromatic carbocycles. The molecule has 0 aromatic heterocycles. The average Bonchev–Trinajstić information content (AvgIpc) is 3.20. The van der Waals surface area contributed by atoms with Gasteiger partial charge >= 0.3 is 0 Å². The minimum atomic E-state index is -0.264. The standard InChI is InChI=1S/C17H23BrO/c18-16-13-2-1-3-14(16)15(13,16)17(19)11-5-9-4-10(7-11)8-12(17)6-9/h9-14,19H,1-8H2. The SMILES string of the molecule is OC1(C23C4CCCC2C43Br)C2CC3CC(C2)CC1C3. The molecule has 1 N–H and O–H groups in total. The molecule has 7 aliphatic rings. The molecule has 0 saturated heterocycles. The molecular formula is C17H23BrO. The topological polar surface area (TPSA) is 20.2 Å². The third kappa shape index (κ3) is 0.853. The number of hydrogen-bond acceptors (Lipinski definition) is 1. The number of aliphatic hydroxyl groups is 1. The Hall–Kier alpha value is 0.440. The molecule has 1 nitrogen and oxygen atoms in total. The van der Waals surface area contributed by atoms with E-state index < -0.39 is 0 Å². The Kier molecular flexibility index (Phi) is 1.65. The van der Waals surface area contributed by atoms with Gasteiger partial charge in [0.15, 0.2) is 0 Å². The van der Waals surface area contributed by atoms with Gasteiger partial charge in [0.1, 0.15) is 0 Å². The Morgan fingerprint density at radius 1 is 0.842 bits per heavy atom. The van der Waals surface area contributed by atoms with Crippen LogP contribution in [0.2, 0.25) is 0 Å². The van der Waals surface area contributed by atoms with Crippen molar-refractivity contribution in [2.75, 3.05) is 0 Å². The first-order chi connectivity index (χ1) is 9.13. The number of alkyl halides is 1. The predicted molar refractivity (Wildman–Crippen MR) is 76.9 cm³/mol. The van der Waals surface area contributed by atoms with Crippen LogP contribution in [0, 0.1) is 40.9 Å². The van der Waals surface area contributed by atoms with Gasteiger partial charge in [-0.2, -0.15) is 0 Å². The average molecular weight is 323 g/mol. The Bertz CT molecular complexity index is 444. The molecule has 0 radical (unpaired) electrons. The van der Waals surface area contributed by atoms with Crippen LogP contribution in [0.15, 0.2) is 0 Å². The summed E-state index contributed by atoms with van der Waals surface area (Å²) in [5, 5.41) is 11.9. The molecule has 19 heavy (non-hydrogen) atoms. The molecule has 0 aromatic rings. The summed E-state index contributed by atoms with van der Waals surface area (Å²) < 4.78 is 0.405. The normalized spacial score (nSPS) is 74.8. The first-order valence-corrected chi connectivity index (χ1v) is 9.34. The van der Waals surface area contributed by atoms with Gasteiger partial charge in [-0.3, -0.25) is 0 Å². The second-order valence-corrected chi connectivity index (χ2v) is 10.1. The van der Waals surface area contributed by atoms with E-state index in [2.05, 4.69) is 15.9 Å². The molecule has 2 unspecified atom stereocenters. The Morgan fingerprint density at radius 3 is 1.84 bits per heavy atom. The molecule has 2 heteroatoms. The van der Waals surface area contributed by atoms with E-state index in [1.807, 2.05) is 0 Å². The molecule has 0 spiro atoms. The summed E-state index contributed by atoms with van der Waals surface area (Å²) in [6, 6.07) is 0. The lowest BCUT2D eigenvalue weighted by atomic mass is 9.46. The highest BCUT2D eigenvalue weighted by atomic mass is 79.9. The van der Waals surface area contributed by atoms with Crippen molar-refractivity contribution in [3.8, 4) is 0 Å². The molecule has 7 saturated carbocycles. The van der Waals surface area contributed by atoms with E-state index >= 15 is 0 Å². The predicted octanol–water partition coefficient (Wildman–Crippen LogP) is 3.74. The summed E-state index contributed by atoms with van der Waals surface area (Å²) in [7, 11) is 0. The van der Waals surface area contributed by atoms with Crippen molar-refractivity contribution in [2.45, 2.75) is 61.3 Å². The van der Waals surface area contributed by atoms with Crippen LogP contribution in [0.1, 0.15) is 51.4 Å². The monoisotopic (exact) mass is 322 g/mol. The highest BCUT2D eigenvalue weighted by molar-refractivity contribution is 9.10. The van der Waals surface area contributed by atoms with E-state index in [4.69, 9.17) is 0 Å². The number of hydrogen-bond donors (Lipinski definition) is 1. The third-order valence-corrected chi connectivity index (χ3v) is 10.4. The van der Waals surface area contributed by atoms with Gasteiger partial charge in [0, 0.05) is 9.74 Å². The Morgan fingerprint density at radius 2 is 1.37 bits per heavy atom. The van der Waals surface area contributed by atoms with E-state index in [0.29, 0.717) is 21.6 Å². The molecule has 4 bridgehead atoms. The zero-order valence-electron chi connectivity index (χ0n) is 11.4. The maximum absolute atomic E-state index is 11.9. The summed E-state index contributed by atoms with van der Waals surface area (Å²) in [5.41, 5.74) is 0.0839. The fourth-order valence-electron chi connectivity index (χ4n) is 8.36. The van der Waals surface area contributed by atoms with Crippen molar-refractivity contribution >= 4 is 15.9 Å². The third-order valence-electron chi connectivity index (χ3n) is 8.61. The van der Waals surface area contributed by atoms with Gasteiger partial charge in [0.05, 0.1) is 5.60 Å². The van der Waals surface area contributed by atoms with Gasteiger partial charge in [0.25, 0.3) is 0 Å². The summed E-state index contributed by atoms with van der Waals surface area (Å²) >= 11 is 4.11. The minimum absolute atomic E-state index is 0.264. The van der Waals surface area contributed by atoms with Gasteiger partial charge in [-0.05, 0) is 80.5 Å². The minimum Gasteiger partial charge on any atom is -0.389 e. The molecule has 0 aliphatic heterocycles. The van der Waals surface area contributed by atoms with Crippen molar-refractivity contribution in [1.82, 2.24) is 0 Å². The van der Waals surface area contributed by atoms with Crippen LogP contribution in [0.3, 0.4) is 0 Å². The molecule has 7 rings (SSSR count). The van der Waals surface area contributed by atoms with E-state index in [0.717, 1.165) is 23.7 Å². The second-order valence-electron chi connectivity index (χ2n) is 8.80. The van der Waals surface area contributed by atoms with Gasteiger partial charge in [-0.25, -0.2) is 0 Å². The molecule has 7 fully saturated rings. The lowest BCUT2D eigenvalue weighted by Crippen LogP contribution is -2.62. The van der Waals surface area contributed by atoms with Crippen molar-refractivity contribution < 1.29 is 5.11 Å². The molecular weight excluding hydrogens is 300 g/mol. The van der Waals surface area contributed by atoms with E-state index in [9.17, 15) is 5.11 Å². The first-order valence-electron chi connectivity index (χ1n) is 8.54. The van der Waals surface area contributed by atoms with Crippen molar-refractivity contribution in [3.05, 3.63) is 0 Å². The van der Waals surface area contributed by atoms with Gasteiger partial charge < -0.3 is 5.11 Å². The number of fused-ring (bicyclic) bond motifs is 2. The van der Waals surface area contributed by atoms with Crippen LogP contribution in [0.5, 0.6) is 0 Å². The fourth-order valence-corrected chi connectivity index (χ4v) is 10.2. The van der Waals surface area contributed by atoms with Crippen molar-refractivity contribution in [1.29, 1.82) is 0 Å². The van der Waals surface area contributed by atoms with E-state index in [-0.39, 0.29) is 5.60 Å². The maximum atomic E-state index is 11.9. The van der Waals surface area contributed by atoms with Crippen LogP contribution in [-0.2, 0) is 0 Å². The largest absolute Gasteiger partial charge is 0.389 e. The summed E-state index contributed by atoms with van der Waals surface area (Å²) in [5.74, 6) is 4.94. The lowest BCUT2D eigenvalue weighted by Gasteiger charge is -2.61.